The highest BCUT2D eigenvalue weighted by Gasteiger charge is 2.61. The van der Waals surface area contributed by atoms with Crippen LogP contribution in [-0.4, -0.2) is 23.8 Å². The number of rotatable bonds is 3. The molecule has 0 aromatic rings. The highest BCUT2D eigenvalue weighted by Crippen LogP contribution is 2.66. The smallest absolute Gasteiger partial charge is 0.305 e. The highest BCUT2D eigenvalue weighted by atomic mass is 16.5. The topological polar surface area (TPSA) is 46.5 Å². The lowest BCUT2D eigenvalue weighted by molar-refractivity contribution is -0.161. The summed E-state index contributed by atoms with van der Waals surface area (Å²) in [7, 11) is 0. The van der Waals surface area contributed by atoms with E-state index in [2.05, 4.69) is 19.9 Å². The molecule has 3 heteroatoms. The highest BCUT2D eigenvalue weighted by molar-refractivity contribution is 5.69. The van der Waals surface area contributed by atoms with Gasteiger partial charge in [0.2, 0.25) is 0 Å². The molecule has 4 rings (SSSR count). The van der Waals surface area contributed by atoms with E-state index < -0.39 is 0 Å². The molecule has 0 saturated heterocycles. The van der Waals surface area contributed by atoms with Gasteiger partial charge in [0.25, 0.3) is 0 Å². The Morgan fingerprint density at radius 3 is 2.77 bits per heavy atom. The predicted octanol–water partition coefficient (Wildman–Crippen LogP) is 4.88. The van der Waals surface area contributed by atoms with Gasteiger partial charge in [-0.25, -0.2) is 0 Å². The van der Waals surface area contributed by atoms with Crippen LogP contribution in [0.4, 0.5) is 0 Å². The number of hydrogen-bond acceptors (Lipinski definition) is 3. The van der Waals surface area contributed by atoms with Gasteiger partial charge in [-0.15, -0.1) is 0 Å². The molecule has 26 heavy (non-hydrogen) atoms. The maximum absolute atomic E-state index is 11.9. The zero-order chi connectivity index (χ0) is 18.5. The van der Waals surface area contributed by atoms with E-state index in [4.69, 9.17) is 4.74 Å². The first kappa shape index (κ1) is 18.5. The average molecular weight is 361 g/mol. The zero-order valence-electron chi connectivity index (χ0n) is 16.8. The molecular weight excluding hydrogens is 324 g/mol. The van der Waals surface area contributed by atoms with Gasteiger partial charge in [0.05, 0.1) is 6.61 Å². The zero-order valence-corrected chi connectivity index (χ0v) is 16.8. The first-order valence-electron chi connectivity index (χ1n) is 11.0. The van der Waals surface area contributed by atoms with Crippen molar-refractivity contribution in [3.05, 3.63) is 11.6 Å². The summed E-state index contributed by atoms with van der Waals surface area (Å²) in [6.07, 6.45) is 12.4. The fourth-order valence-electron chi connectivity index (χ4n) is 7.62. The van der Waals surface area contributed by atoms with Crippen molar-refractivity contribution in [3.8, 4) is 0 Å². The number of ether oxygens (including phenoxy) is 1. The molecule has 0 radical (unpaired) electrons. The molecule has 2 unspecified atom stereocenters. The van der Waals surface area contributed by atoms with Crippen LogP contribution in [0.5, 0.6) is 0 Å². The van der Waals surface area contributed by atoms with Gasteiger partial charge in [0, 0.05) is 17.3 Å². The Labute approximate surface area is 158 Å². The van der Waals surface area contributed by atoms with Gasteiger partial charge in [0.1, 0.15) is 6.10 Å². The lowest BCUT2D eigenvalue weighted by atomic mass is 9.45. The van der Waals surface area contributed by atoms with Gasteiger partial charge in [-0.05, 0) is 75.0 Å². The summed E-state index contributed by atoms with van der Waals surface area (Å²) >= 11 is 0. The molecule has 0 spiro atoms. The van der Waals surface area contributed by atoms with Crippen LogP contribution in [0.1, 0.15) is 78.6 Å². The summed E-state index contributed by atoms with van der Waals surface area (Å²) in [4.78, 5) is 11.9. The molecule has 1 N–H and O–H groups in total. The number of allylic oxidation sites excluding steroid dienone is 1. The number of esters is 1. The fourth-order valence-corrected chi connectivity index (χ4v) is 7.62. The molecule has 3 nitrogen and oxygen atoms in total. The van der Waals surface area contributed by atoms with E-state index in [0.29, 0.717) is 36.7 Å². The van der Waals surface area contributed by atoms with E-state index in [9.17, 15) is 9.90 Å². The van der Waals surface area contributed by atoms with Crippen molar-refractivity contribution >= 4 is 5.97 Å². The summed E-state index contributed by atoms with van der Waals surface area (Å²) in [5.41, 5.74) is 1.73. The van der Waals surface area contributed by atoms with Gasteiger partial charge in [-0.1, -0.05) is 32.4 Å². The summed E-state index contributed by atoms with van der Waals surface area (Å²) in [5.74, 6) is 2.49. The van der Waals surface area contributed by atoms with Crippen molar-refractivity contribution < 1.29 is 14.6 Å². The number of carbonyl (C=O) groups is 1. The Balaban J connectivity index is 1.63. The summed E-state index contributed by atoms with van der Waals surface area (Å²) in [6.45, 7) is 6.97. The van der Waals surface area contributed by atoms with Crippen molar-refractivity contribution in [2.24, 2.45) is 34.5 Å². The summed E-state index contributed by atoms with van der Waals surface area (Å²) in [6, 6.07) is 0. The Bertz CT molecular complexity index is 596. The van der Waals surface area contributed by atoms with Crippen LogP contribution in [0.15, 0.2) is 11.6 Å². The number of carbonyl (C=O) groups excluding carboxylic acids is 1. The quantitative estimate of drug-likeness (QED) is 0.576. The Kier molecular flexibility index (Phi) is 4.74. The van der Waals surface area contributed by atoms with E-state index in [0.717, 1.165) is 19.3 Å². The maximum Gasteiger partial charge on any atom is 0.305 e. The van der Waals surface area contributed by atoms with Crippen LogP contribution in [-0.2, 0) is 9.53 Å². The van der Waals surface area contributed by atoms with Gasteiger partial charge in [0.15, 0.2) is 0 Å². The third-order valence-corrected chi connectivity index (χ3v) is 9.05. The number of hydrogen-bond donors (Lipinski definition) is 1. The molecule has 146 valence electrons. The summed E-state index contributed by atoms with van der Waals surface area (Å²) < 4.78 is 5.89. The number of fused-ring (bicyclic) bond motifs is 5. The van der Waals surface area contributed by atoms with Gasteiger partial charge in [-0.3, -0.25) is 4.79 Å². The van der Waals surface area contributed by atoms with Crippen LogP contribution in [0.2, 0.25) is 0 Å². The van der Waals surface area contributed by atoms with Crippen molar-refractivity contribution in [1.29, 1.82) is 0 Å². The largest absolute Gasteiger partial charge is 0.462 e. The van der Waals surface area contributed by atoms with Crippen molar-refractivity contribution in [2.75, 3.05) is 6.61 Å². The molecule has 0 heterocycles. The fraction of sp³-hybridized carbons (Fsp3) is 0.870. The Morgan fingerprint density at radius 2 is 2.04 bits per heavy atom. The standard InChI is InChI=1S/C23H36O3/c1-4-21(25)26-20-11-10-18-17-9-8-16-7-5-6-15(2)23(16,14-24)19(17)12-13-22(18,20)3/h7,15,17-20,24H,4-6,8-14H2,1-3H3/t15?,17-,18-,19+,20?,22-,23-/m0/s1. The molecule has 0 aromatic carbocycles. The lowest BCUT2D eigenvalue weighted by Gasteiger charge is -2.60. The van der Waals surface area contributed by atoms with E-state index >= 15 is 0 Å². The molecule has 3 saturated carbocycles. The molecule has 4 aliphatic carbocycles. The molecule has 3 fully saturated rings. The van der Waals surface area contributed by atoms with Crippen molar-refractivity contribution in [2.45, 2.75) is 84.7 Å². The molecule has 0 bridgehead atoms. The molecular formula is C23H36O3. The molecule has 7 atom stereocenters. The number of aliphatic hydroxyl groups excluding tert-OH is 1. The Morgan fingerprint density at radius 1 is 1.23 bits per heavy atom. The molecule has 0 aliphatic heterocycles. The second kappa shape index (κ2) is 6.65. The third kappa shape index (κ3) is 2.45. The van der Waals surface area contributed by atoms with E-state index in [1.54, 1.807) is 5.57 Å². The van der Waals surface area contributed by atoms with E-state index in [-0.39, 0.29) is 22.9 Å². The van der Waals surface area contributed by atoms with Gasteiger partial charge < -0.3 is 9.84 Å². The third-order valence-electron chi connectivity index (χ3n) is 9.05. The van der Waals surface area contributed by atoms with Crippen LogP contribution in [0.25, 0.3) is 0 Å². The lowest BCUT2D eigenvalue weighted by Crippen LogP contribution is -2.55. The normalized spacial score (nSPS) is 47.4. The second-order valence-electron chi connectivity index (χ2n) is 9.78. The van der Waals surface area contributed by atoms with Gasteiger partial charge >= 0.3 is 5.97 Å². The molecule has 4 aliphatic rings. The minimum Gasteiger partial charge on any atom is -0.462 e. The molecule has 0 aromatic heterocycles. The van der Waals surface area contributed by atoms with E-state index in [1.807, 2.05) is 6.92 Å². The maximum atomic E-state index is 11.9. The monoisotopic (exact) mass is 360 g/mol. The molecule has 0 amide bonds. The van der Waals surface area contributed by atoms with Crippen molar-refractivity contribution in [3.63, 3.8) is 0 Å². The van der Waals surface area contributed by atoms with Crippen LogP contribution in [0.3, 0.4) is 0 Å². The van der Waals surface area contributed by atoms with Crippen molar-refractivity contribution in [1.82, 2.24) is 0 Å². The average Bonchev–Trinajstić information content (AvgIpc) is 2.98. The predicted molar refractivity (Wildman–Crippen MR) is 102 cm³/mol. The minimum atomic E-state index is -0.0411. The SMILES string of the molecule is CCC(=O)OC1CC[C@H]2[C@@H]3CCC4=CCCC(C)[C@]4(CO)[C@@H]3CC[C@]12C. The first-order valence-corrected chi connectivity index (χ1v) is 11.0. The number of aliphatic hydroxyl groups is 1. The summed E-state index contributed by atoms with van der Waals surface area (Å²) in [5, 5.41) is 10.6. The second-order valence-corrected chi connectivity index (χ2v) is 9.78. The minimum absolute atomic E-state index is 0.0285. The van der Waals surface area contributed by atoms with Crippen LogP contribution >= 0.6 is 0 Å². The van der Waals surface area contributed by atoms with Crippen LogP contribution in [0, 0.1) is 34.5 Å². The first-order chi connectivity index (χ1) is 12.5. The Hall–Kier alpha value is -0.830. The van der Waals surface area contributed by atoms with E-state index in [1.165, 1.54) is 32.1 Å². The van der Waals surface area contributed by atoms with Crippen LogP contribution < -0.4 is 0 Å². The van der Waals surface area contributed by atoms with Gasteiger partial charge in [-0.2, -0.15) is 0 Å².